The Bertz CT molecular complexity index is 525. The van der Waals surface area contributed by atoms with Gasteiger partial charge in [-0.15, -0.1) is 0 Å². The highest BCUT2D eigenvalue weighted by molar-refractivity contribution is 7.71. The Morgan fingerprint density at radius 3 is 2.56 bits per heavy atom. The third-order valence-corrected chi connectivity index (χ3v) is 3.06. The molecule has 1 aromatic heterocycles. The summed E-state index contributed by atoms with van der Waals surface area (Å²) in [7, 11) is 0. The fourth-order valence-electron chi connectivity index (χ4n) is 1.63. The summed E-state index contributed by atoms with van der Waals surface area (Å²) in [4.78, 5) is 3.11. The largest absolute Gasteiger partial charge is 0.335 e. The summed E-state index contributed by atoms with van der Waals surface area (Å²) in [5, 5.41) is 0.776. The summed E-state index contributed by atoms with van der Waals surface area (Å²) in [6.45, 7) is 2.90. The molecule has 0 radical (unpaired) electrons. The molecule has 1 heterocycles. The molecule has 2 rings (SSSR count). The monoisotopic (exact) mass is 252 g/mol. The second-order valence-electron chi connectivity index (χ2n) is 3.81. The summed E-state index contributed by atoms with van der Waals surface area (Å²) in [6, 6.07) is 7.92. The molecule has 84 valence electrons. The lowest BCUT2D eigenvalue weighted by atomic mass is 10.1. The van der Waals surface area contributed by atoms with Gasteiger partial charge in [0.15, 0.2) is 4.77 Å². The lowest BCUT2D eigenvalue weighted by molar-refractivity contribution is 0.686. The van der Waals surface area contributed by atoms with Gasteiger partial charge >= 0.3 is 0 Å². The van der Waals surface area contributed by atoms with E-state index in [1.54, 1.807) is 0 Å². The minimum Gasteiger partial charge on any atom is -0.335 e. The van der Waals surface area contributed by atoms with Crippen molar-refractivity contribution in [1.82, 2.24) is 9.55 Å². The minimum absolute atomic E-state index is 0.776. The zero-order valence-corrected chi connectivity index (χ0v) is 10.6. The van der Waals surface area contributed by atoms with Crippen molar-refractivity contribution in [3.05, 3.63) is 51.5 Å². The molecule has 0 saturated heterocycles. The molecule has 0 spiro atoms. The van der Waals surface area contributed by atoms with Crippen molar-refractivity contribution in [3.8, 4) is 0 Å². The number of aryl methyl sites for hydroxylation is 3. The van der Waals surface area contributed by atoms with Crippen LogP contribution in [0.15, 0.2) is 30.5 Å². The van der Waals surface area contributed by atoms with Crippen LogP contribution in [0, 0.1) is 11.7 Å². The number of aromatic nitrogens is 2. The Balaban J connectivity index is 2.05. The standard InChI is InChI=1S/C12H13ClN2S/c1-9-8-15(12(16)14-9)7-6-10-2-4-11(13)5-3-10/h2-5,8H,6-7H2,1H3,(H,14,16). The molecule has 0 saturated carbocycles. The van der Waals surface area contributed by atoms with Gasteiger partial charge in [-0.05, 0) is 43.3 Å². The van der Waals surface area contributed by atoms with Gasteiger partial charge in [-0.2, -0.15) is 0 Å². The number of aromatic amines is 1. The molecule has 0 aliphatic heterocycles. The van der Waals surface area contributed by atoms with Gasteiger partial charge in [-0.25, -0.2) is 0 Å². The van der Waals surface area contributed by atoms with Gasteiger partial charge in [0.25, 0.3) is 0 Å². The average Bonchev–Trinajstić information content (AvgIpc) is 2.57. The van der Waals surface area contributed by atoms with Gasteiger partial charge in [0.05, 0.1) is 0 Å². The Hall–Kier alpha value is -1.06. The lowest BCUT2D eigenvalue weighted by Crippen LogP contribution is -1.99. The van der Waals surface area contributed by atoms with E-state index in [0.717, 1.165) is 28.5 Å². The zero-order valence-electron chi connectivity index (χ0n) is 9.03. The fraction of sp³-hybridized carbons (Fsp3) is 0.250. The average molecular weight is 253 g/mol. The summed E-state index contributed by atoms with van der Waals surface area (Å²) >= 11 is 11.0. The van der Waals surface area contributed by atoms with E-state index < -0.39 is 0 Å². The predicted molar refractivity (Wildman–Crippen MR) is 69.5 cm³/mol. The van der Waals surface area contributed by atoms with Crippen molar-refractivity contribution < 1.29 is 0 Å². The van der Waals surface area contributed by atoms with E-state index >= 15 is 0 Å². The number of halogens is 1. The van der Waals surface area contributed by atoms with Crippen molar-refractivity contribution in [1.29, 1.82) is 0 Å². The first-order valence-corrected chi connectivity index (χ1v) is 5.94. The third kappa shape index (κ3) is 2.74. The van der Waals surface area contributed by atoms with Crippen molar-refractivity contribution in [2.45, 2.75) is 19.9 Å². The molecule has 0 fully saturated rings. The van der Waals surface area contributed by atoms with Gasteiger partial charge in [0.2, 0.25) is 0 Å². The predicted octanol–water partition coefficient (Wildman–Crippen LogP) is 3.75. The van der Waals surface area contributed by atoms with Gasteiger partial charge in [-0.3, -0.25) is 0 Å². The SMILES string of the molecule is Cc1cn(CCc2ccc(Cl)cc2)c(=S)[nH]1. The van der Waals surface area contributed by atoms with E-state index in [2.05, 4.69) is 9.55 Å². The number of nitrogens with zero attached hydrogens (tertiary/aromatic N) is 1. The highest BCUT2D eigenvalue weighted by atomic mass is 35.5. The van der Waals surface area contributed by atoms with Crippen LogP contribution < -0.4 is 0 Å². The van der Waals surface area contributed by atoms with Crippen molar-refractivity contribution in [2.75, 3.05) is 0 Å². The Morgan fingerprint density at radius 1 is 1.31 bits per heavy atom. The quantitative estimate of drug-likeness (QED) is 0.826. The molecule has 0 amide bonds. The second-order valence-corrected chi connectivity index (χ2v) is 4.64. The third-order valence-electron chi connectivity index (χ3n) is 2.47. The van der Waals surface area contributed by atoms with Crippen molar-refractivity contribution in [2.24, 2.45) is 0 Å². The normalized spacial score (nSPS) is 10.6. The number of hydrogen-bond acceptors (Lipinski definition) is 1. The molecule has 0 aliphatic rings. The van der Waals surface area contributed by atoms with Crippen molar-refractivity contribution >= 4 is 23.8 Å². The molecule has 2 aromatic rings. The second kappa shape index (κ2) is 4.85. The summed E-state index contributed by atoms with van der Waals surface area (Å²) in [6.07, 6.45) is 3.00. The first kappa shape index (κ1) is 11.4. The molecular formula is C12H13ClN2S. The molecule has 4 heteroatoms. The van der Waals surface area contributed by atoms with Crippen LogP contribution in [-0.4, -0.2) is 9.55 Å². The zero-order chi connectivity index (χ0) is 11.5. The van der Waals surface area contributed by atoms with Crippen LogP contribution >= 0.6 is 23.8 Å². The number of imidazole rings is 1. The summed E-state index contributed by atoms with van der Waals surface area (Å²) in [5.41, 5.74) is 2.37. The maximum atomic E-state index is 5.83. The van der Waals surface area contributed by atoms with Gasteiger partial charge in [-0.1, -0.05) is 23.7 Å². The first-order valence-electron chi connectivity index (χ1n) is 5.15. The Morgan fingerprint density at radius 2 is 2.00 bits per heavy atom. The molecule has 2 nitrogen and oxygen atoms in total. The van der Waals surface area contributed by atoms with E-state index in [1.165, 1.54) is 5.56 Å². The molecule has 1 aromatic carbocycles. The summed E-state index contributed by atoms with van der Waals surface area (Å²) < 4.78 is 2.84. The molecule has 1 N–H and O–H groups in total. The summed E-state index contributed by atoms with van der Waals surface area (Å²) in [5.74, 6) is 0. The number of nitrogens with one attached hydrogen (secondary N) is 1. The number of H-pyrrole nitrogens is 1. The molecule has 0 unspecified atom stereocenters. The lowest BCUT2D eigenvalue weighted by Gasteiger charge is -2.02. The number of rotatable bonds is 3. The maximum absolute atomic E-state index is 5.83. The maximum Gasteiger partial charge on any atom is 0.177 e. The van der Waals surface area contributed by atoms with Gasteiger partial charge < -0.3 is 9.55 Å². The minimum atomic E-state index is 0.776. The van der Waals surface area contributed by atoms with Crippen LogP contribution in [0.1, 0.15) is 11.3 Å². The molecule has 0 aliphatic carbocycles. The molecule has 0 atom stereocenters. The number of hydrogen-bond donors (Lipinski definition) is 1. The smallest absolute Gasteiger partial charge is 0.177 e. The van der Waals surface area contributed by atoms with Crippen LogP contribution in [0.3, 0.4) is 0 Å². The molecule has 16 heavy (non-hydrogen) atoms. The first-order chi connectivity index (χ1) is 7.65. The Labute approximate surface area is 105 Å². The van der Waals surface area contributed by atoms with E-state index in [1.807, 2.05) is 37.4 Å². The highest BCUT2D eigenvalue weighted by Crippen LogP contribution is 2.10. The fourth-order valence-corrected chi connectivity index (χ4v) is 2.06. The van der Waals surface area contributed by atoms with Gasteiger partial charge in [0.1, 0.15) is 0 Å². The van der Waals surface area contributed by atoms with Crippen LogP contribution in [0.4, 0.5) is 0 Å². The van der Waals surface area contributed by atoms with Crippen LogP contribution in [0.5, 0.6) is 0 Å². The Kier molecular flexibility index (Phi) is 3.46. The molecule has 0 bridgehead atoms. The van der Waals surface area contributed by atoms with E-state index in [9.17, 15) is 0 Å². The van der Waals surface area contributed by atoms with Crippen LogP contribution in [-0.2, 0) is 13.0 Å². The molecular weight excluding hydrogens is 240 g/mol. The number of benzene rings is 1. The van der Waals surface area contributed by atoms with E-state index in [4.69, 9.17) is 23.8 Å². The van der Waals surface area contributed by atoms with Crippen LogP contribution in [0.25, 0.3) is 0 Å². The van der Waals surface area contributed by atoms with E-state index in [0.29, 0.717) is 0 Å². The van der Waals surface area contributed by atoms with Crippen molar-refractivity contribution in [3.63, 3.8) is 0 Å². The highest BCUT2D eigenvalue weighted by Gasteiger charge is 1.98. The van der Waals surface area contributed by atoms with E-state index in [-0.39, 0.29) is 0 Å². The van der Waals surface area contributed by atoms with Crippen LogP contribution in [0.2, 0.25) is 5.02 Å². The topological polar surface area (TPSA) is 20.7 Å². The van der Waals surface area contributed by atoms with Gasteiger partial charge in [0, 0.05) is 23.5 Å².